The smallest absolute Gasteiger partial charge is 0.306 e. The van der Waals surface area contributed by atoms with Crippen molar-refractivity contribution in [2.24, 2.45) is 0 Å². The van der Waals surface area contributed by atoms with Crippen LogP contribution in [0.5, 0.6) is 0 Å². The van der Waals surface area contributed by atoms with Gasteiger partial charge >= 0.3 is 7.60 Å². The van der Waals surface area contributed by atoms with E-state index in [1.54, 1.807) is 13.8 Å². The van der Waals surface area contributed by atoms with Crippen molar-refractivity contribution in [1.82, 2.24) is 0 Å². The summed E-state index contributed by atoms with van der Waals surface area (Å²) >= 11 is 1.39. The number of hydrogen-bond donors (Lipinski definition) is 0. The summed E-state index contributed by atoms with van der Waals surface area (Å²) in [7, 11) is -3.47. The molecule has 0 aliphatic carbocycles. The zero-order valence-electron chi connectivity index (χ0n) is 6.42. The Bertz CT molecular complexity index is 143. The van der Waals surface area contributed by atoms with Gasteiger partial charge in [0.1, 0.15) is 0 Å². The third-order valence-corrected chi connectivity index (χ3v) is 4.62. The van der Waals surface area contributed by atoms with Crippen LogP contribution in [0.15, 0.2) is 0 Å². The van der Waals surface area contributed by atoms with Gasteiger partial charge in [-0.05, 0) is 36.4 Å². The Balaban J connectivity index is 4.14. The first kappa shape index (κ1) is 11.8. The van der Waals surface area contributed by atoms with Crippen LogP contribution in [0, 0.1) is 0 Å². The van der Waals surface area contributed by atoms with Crippen molar-refractivity contribution in [3.05, 3.63) is 0 Å². The molecule has 0 aromatic heterocycles. The van der Waals surface area contributed by atoms with Crippen LogP contribution in [-0.4, -0.2) is 17.1 Å². The Morgan fingerprint density at radius 3 is 2.00 bits per heavy atom. The standard InChI is InChI=1S/C5H11FIO3P/c1-3-9-11(8,5(6)7)10-4-2/h5H,3-4H2,1-2H3. The van der Waals surface area contributed by atoms with Gasteiger partial charge in [0.25, 0.3) is 3.92 Å². The number of alkyl halides is 2. The maximum absolute atomic E-state index is 12.6. The molecule has 0 fully saturated rings. The van der Waals surface area contributed by atoms with Gasteiger partial charge in [0, 0.05) is 0 Å². The maximum Gasteiger partial charge on any atom is 0.374 e. The molecule has 0 aliphatic rings. The second-order valence-electron chi connectivity index (χ2n) is 1.65. The van der Waals surface area contributed by atoms with Crippen molar-refractivity contribution in [1.29, 1.82) is 0 Å². The molecular formula is C5H11FIO3P. The Morgan fingerprint density at radius 1 is 1.45 bits per heavy atom. The fraction of sp³-hybridized carbons (Fsp3) is 1.00. The average molecular weight is 296 g/mol. The average Bonchev–Trinajstić information content (AvgIpc) is 1.88. The molecular weight excluding hydrogens is 285 g/mol. The molecule has 6 heteroatoms. The lowest BCUT2D eigenvalue weighted by molar-refractivity contribution is 0.207. The fourth-order valence-electron chi connectivity index (χ4n) is 0.510. The van der Waals surface area contributed by atoms with Gasteiger partial charge in [-0.1, -0.05) is 0 Å². The number of hydrogen-bond acceptors (Lipinski definition) is 3. The van der Waals surface area contributed by atoms with E-state index in [0.29, 0.717) is 0 Å². The highest BCUT2D eigenvalue weighted by atomic mass is 127. The summed E-state index contributed by atoms with van der Waals surface area (Å²) in [5, 5.41) is 0. The molecule has 68 valence electrons. The normalized spacial score (nSPS) is 14.9. The number of halogens is 2. The first-order valence-electron chi connectivity index (χ1n) is 3.23. The molecule has 0 N–H and O–H groups in total. The van der Waals surface area contributed by atoms with Crippen molar-refractivity contribution in [2.45, 2.75) is 17.8 Å². The first-order valence-corrected chi connectivity index (χ1v) is 6.09. The molecule has 0 bridgehead atoms. The second kappa shape index (κ2) is 5.45. The molecule has 1 unspecified atom stereocenters. The van der Waals surface area contributed by atoms with Gasteiger partial charge in [-0.2, -0.15) is 0 Å². The highest BCUT2D eigenvalue weighted by Gasteiger charge is 2.33. The summed E-state index contributed by atoms with van der Waals surface area (Å²) in [6, 6.07) is 0. The van der Waals surface area contributed by atoms with E-state index in [0.717, 1.165) is 0 Å². The summed E-state index contributed by atoms with van der Waals surface area (Å²) in [5.41, 5.74) is 0. The van der Waals surface area contributed by atoms with Crippen molar-refractivity contribution >= 4 is 30.2 Å². The molecule has 0 saturated heterocycles. The molecule has 0 aliphatic heterocycles. The largest absolute Gasteiger partial charge is 0.374 e. The molecule has 0 amide bonds. The van der Waals surface area contributed by atoms with E-state index in [2.05, 4.69) is 9.05 Å². The molecule has 0 heterocycles. The van der Waals surface area contributed by atoms with Gasteiger partial charge in [-0.3, -0.25) is 4.57 Å². The minimum Gasteiger partial charge on any atom is -0.306 e. The summed E-state index contributed by atoms with van der Waals surface area (Å²) < 4.78 is 31.7. The van der Waals surface area contributed by atoms with E-state index in [9.17, 15) is 8.96 Å². The maximum atomic E-state index is 12.6. The van der Waals surface area contributed by atoms with E-state index in [-0.39, 0.29) is 13.2 Å². The van der Waals surface area contributed by atoms with Gasteiger partial charge in [-0.25, -0.2) is 4.39 Å². The predicted molar refractivity (Wildman–Crippen MR) is 49.8 cm³/mol. The van der Waals surface area contributed by atoms with Crippen LogP contribution in [0.1, 0.15) is 13.8 Å². The van der Waals surface area contributed by atoms with E-state index in [4.69, 9.17) is 0 Å². The molecule has 0 radical (unpaired) electrons. The van der Waals surface area contributed by atoms with Crippen LogP contribution < -0.4 is 0 Å². The second-order valence-corrected chi connectivity index (χ2v) is 5.78. The third-order valence-electron chi connectivity index (χ3n) is 0.857. The van der Waals surface area contributed by atoms with Crippen molar-refractivity contribution in [3.8, 4) is 0 Å². The molecule has 3 nitrogen and oxygen atoms in total. The molecule has 11 heavy (non-hydrogen) atoms. The zero-order chi connectivity index (χ0) is 8.91. The van der Waals surface area contributed by atoms with Gasteiger partial charge in [0.05, 0.1) is 13.2 Å². The summed E-state index contributed by atoms with van der Waals surface area (Å²) in [6.45, 7) is 3.68. The van der Waals surface area contributed by atoms with Crippen LogP contribution in [0.25, 0.3) is 0 Å². The molecule has 0 saturated carbocycles. The van der Waals surface area contributed by atoms with Gasteiger partial charge < -0.3 is 9.05 Å². The summed E-state index contributed by atoms with van der Waals surface area (Å²) in [6.07, 6.45) is 0. The zero-order valence-corrected chi connectivity index (χ0v) is 9.47. The lowest BCUT2D eigenvalue weighted by Gasteiger charge is -2.16. The SMILES string of the molecule is CCOP(=O)(OCC)C(F)I. The summed E-state index contributed by atoms with van der Waals surface area (Å²) in [4.78, 5) is 0. The van der Waals surface area contributed by atoms with Crippen LogP contribution in [-0.2, 0) is 13.6 Å². The Morgan fingerprint density at radius 2 is 1.82 bits per heavy atom. The van der Waals surface area contributed by atoms with Crippen molar-refractivity contribution < 1.29 is 18.0 Å². The Labute approximate surface area is 79.3 Å². The van der Waals surface area contributed by atoms with E-state index in [1.165, 1.54) is 22.6 Å². The van der Waals surface area contributed by atoms with Crippen molar-refractivity contribution in [2.75, 3.05) is 13.2 Å². The minimum absolute atomic E-state index is 0.195. The predicted octanol–water partition coefficient (Wildman–Crippen LogP) is 2.94. The lowest BCUT2D eigenvalue weighted by Crippen LogP contribution is -2.01. The quantitative estimate of drug-likeness (QED) is 0.444. The topological polar surface area (TPSA) is 35.5 Å². The van der Waals surface area contributed by atoms with Crippen LogP contribution in [0.4, 0.5) is 4.39 Å². The summed E-state index contributed by atoms with van der Waals surface area (Å²) in [5.74, 6) is 0. The monoisotopic (exact) mass is 296 g/mol. The molecule has 0 aromatic rings. The highest BCUT2D eigenvalue weighted by molar-refractivity contribution is 14.1. The minimum atomic E-state index is -3.47. The third kappa shape index (κ3) is 3.83. The molecule has 1 atom stereocenters. The molecule has 0 aromatic carbocycles. The highest BCUT2D eigenvalue weighted by Crippen LogP contribution is 2.56. The molecule has 0 rings (SSSR count). The van der Waals surface area contributed by atoms with Gasteiger partial charge in [-0.15, -0.1) is 0 Å². The van der Waals surface area contributed by atoms with Crippen molar-refractivity contribution in [3.63, 3.8) is 0 Å². The fourth-order valence-corrected chi connectivity index (χ4v) is 2.49. The van der Waals surface area contributed by atoms with Crippen LogP contribution in [0.3, 0.4) is 0 Å². The lowest BCUT2D eigenvalue weighted by atomic mass is 10.9. The molecule has 0 spiro atoms. The van der Waals surface area contributed by atoms with E-state index < -0.39 is 11.5 Å². The van der Waals surface area contributed by atoms with Crippen LogP contribution in [0.2, 0.25) is 0 Å². The Hall–Kier alpha value is 0.810. The van der Waals surface area contributed by atoms with E-state index >= 15 is 0 Å². The Kier molecular flexibility index (Phi) is 5.86. The van der Waals surface area contributed by atoms with Crippen LogP contribution >= 0.6 is 30.2 Å². The van der Waals surface area contributed by atoms with Gasteiger partial charge in [0.15, 0.2) is 0 Å². The van der Waals surface area contributed by atoms with Gasteiger partial charge in [0.2, 0.25) is 0 Å². The number of rotatable bonds is 5. The van der Waals surface area contributed by atoms with E-state index in [1.807, 2.05) is 0 Å². The first-order chi connectivity index (χ1) is 5.06.